The third kappa shape index (κ3) is 4.46. The van der Waals surface area contributed by atoms with E-state index in [2.05, 4.69) is 58.9 Å². The molecule has 0 radical (unpaired) electrons. The molecule has 19 heavy (non-hydrogen) atoms. The van der Waals surface area contributed by atoms with Crippen molar-refractivity contribution in [1.82, 2.24) is 10.2 Å². The Bertz CT molecular complexity index is 260. The summed E-state index contributed by atoms with van der Waals surface area (Å²) in [5.41, 5.74) is 0.322. The van der Waals surface area contributed by atoms with Crippen LogP contribution in [0.15, 0.2) is 0 Å². The zero-order valence-corrected chi connectivity index (χ0v) is 14.3. The van der Waals surface area contributed by atoms with Gasteiger partial charge in [-0.05, 0) is 71.4 Å². The summed E-state index contributed by atoms with van der Waals surface area (Å²) in [7, 11) is 4.44. The number of hydrogen-bond donors (Lipinski definition) is 1. The quantitative estimate of drug-likeness (QED) is 0.789. The molecule has 1 saturated carbocycles. The molecule has 3 unspecified atom stereocenters. The predicted octanol–water partition coefficient (Wildman–Crippen LogP) is 3.77. The maximum absolute atomic E-state index is 3.56. The Balaban J connectivity index is 2.65. The Labute approximate surface area is 121 Å². The number of rotatable bonds is 6. The third-order valence-electron chi connectivity index (χ3n) is 5.74. The van der Waals surface area contributed by atoms with E-state index in [9.17, 15) is 0 Å². The SMILES string of the molecule is CCC(C)(C)N(C)CC1CC(C(C)C)CCC1NC. The van der Waals surface area contributed by atoms with Crippen LogP contribution in [0.2, 0.25) is 0 Å². The van der Waals surface area contributed by atoms with E-state index in [1.165, 1.54) is 32.2 Å². The summed E-state index contributed by atoms with van der Waals surface area (Å²) in [6.45, 7) is 13.0. The summed E-state index contributed by atoms with van der Waals surface area (Å²) in [4.78, 5) is 2.57. The maximum atomic E-state index is 3.56. The van der Waals surface area contributed by atoms with E-state index in [1.807, 2.05) is 0 Å². The molecule has 2 heteroatoms. The second-order valence-electron chi connectivity index (χ2n) is 7.52. The molecule has 0 heterocycles. The van der Waals surface area contributed by atoms with Gasteiger partial charge in [-0.2, -0.15) is 0 Å². The largest absolute Gasteiger partial charge is 0.317 e. The lowest BCUT2D eigenvalue weighted by molar-refractivity contribution is 0.0813. The Kier molecular flexibility index (Phi) is 6.32. The average Bonchev–Trinajstić information content (AvgIpc) is 2.38. The highest BCUT2D eigenvalue weighted by Crippen LogP contribution is 2.35. The topological polar surface area (TPSA) is 15.3 Å². The highest BCUT2D eigenvalue weighted by molar-refractivity contribution is 4.89. The van der Waals surface area contributed by atoms with Crippen molar-refractivity contribution in [2.45, 2.75) is 71.9 Å². The van der Waals surface area contributed by atoms with Crippen LogP contribution in [0.4, 0.5) is 0 Å². The number of hydrogen-bond acceptors (Lipinski definition) is 2. The van der Waals surface area contributed by atoms with E-state index in [0.29, 0.717) is 11.6 Å². The standard InChI is InChI=1S/C17H36N2/c1-8-17(4,5)19(7)12-15-11-14(13(2)3)9-10-16(15)18-6/h13-16,18H,8-12H2,1-7H3. The van der Waals surface area contributed by atoms with Gasteiger partial charge in [0.2, 0.25) is 0 Å². The van der Waals surface area contributed by atoms with Crippen molar-refractivity contribution in [3.05, 3.63) is 0 Å². The second-order valence-corrected chi connectivity index (χ2v) is 7.52. The molecule has 1 fully saturated rings. The van der Waals surface area contributed by atoms with Crippen LogP contribution in [0.3, 0.4) is 0 Å². The number of nitrogens with zero attached hydrogens (tertiary/aromatic N) is 1. The molecule has 0 aromatic carbocycles. The first-order chi connectivity index (χ1) is 8.81. The monoisotopic (exact) mass is 268 g/mol. The minimum atomic E-state index is 0.322. The fraction of sp³-hybridized carbons (Fsp3) is 1.00. The first-order valence-electron chi connectivity index (χ1n) is 8.20. The van der Waals surface area contributed by atoms with Crippen LogP contribution < -0.4 is 5.32 Å². The van der Waals surface area contributed by atoms with E-state index in [0.717, 1.165) is 17.8 Å². The zero-order chi connectivity index (χ0) is 14.6. The Morgan fingerprint density at radius 3 is 2.37 bits per heavy atom. The molecule has 0 amide bonds. The molecule has 1 rings (SSSR count). The molecule has 0 bridgehead atoms. The molecule has 0 aromatic rings. The molecular weight excluding hydrogens is 232 g/mol. The molecule has 1 aliphatic carbocycles. The van der Waals surface area contributed by atoms with E-state index in [-0.39, 0.29) is 0 Å². The van der Waals surface area contributed by atoms with Crippen molar-refractivity contribution < 1.29 is 0 Å². The first kappa shape index (κ1) is 17.0. The summed E-state index contributed by atoms with van der Waals surface area (Å²) in [5, 5.41) is 3.56. The minimum absolute atomic E-state index is 0.322. The van der Waals surface area contributed by atoms with Crippen LogP contribution in [0, 0.1) is 17.8 Å². The average molecular weight is 268 g/mol. The van der Waals surface area contributed by atoms with Crippen LogP contribution in [0.5, 0.6) is 0 Å². The smallest absolute Gasteiger partial charge is 0.0147 e. The molecule has 1 aliphatic rings. The van der Waals surface area contributed by atoms with Gasteiger partial charge in [0.1, 0.15) is 0 Å². The highest BCUT2D eigenvalue weighted by Gasteiger charge is 2.33. The van der Waals surface area contributed by atoms with E-state index in [1.54, 1.807) is 0 Å². The van der Waals surface area contributed by atoms with Gasteiger partial charge in [0.15, 0.2) is 0 Å². The van der Waals surface area contributed by atoms with Gasteiger partial charge in [0.05, 0.1) is 0 Å². The fourth-order valence-electron chi connectivity index (χ4n) is 3.36. The lowest BCUT2D eigenvalue weighted by atomic mass is 9.73. The molecular formula is C17H36N2. The van der Waals surface area contributed by atoms with Gasteiger partial charge < -0.3 is 10.2 Å². The fourth-order valence-corrected chi connectivity index (χ4v) is 3.36. The Hall–Kier alpha value is -0.0800. The van der Waals surface area contributed by atoms with Crippen molar-refractivity contribution in [2.75, 3.05) is 20.6 Å². The molecule has 0 aliphatic heterocycles. The molecule has 0 spiro atoms. The zero-order valence-electron chi connectivity index (χ0n) is 14.3. The number of nitrogens with one attached hydrogen (secondary N) is 1. The van der Waals surface area contributed by atoms with Crippen LogP contribution in [-0.2, 0) is 0 Å². The van der Waals surface area contributed by atoms with Gasteiger partial charge in [0.25, 0.3) is 0 Å². The highest BCUT2D eigenvalue weighted by atomic mass is 15.2. The van der Waals surface area contributed by atoms with Crippen molar-refractivity contribution in [3.8, 4) is 0 Å². The van der Waals surface area contributed by atoms with Gasteiger partial charge in [-0.1, -0.05) is 20.8 Å². The predicted molar refractivity (Wildman–Crippen MR) is 85.5 cm³/mol. The Morgan fingerprint density at radius 2 is 1.89 bits per heavy atom. The van der Waals surface area contributed by atoms with Crippen LogP contribution >= 0.6 is 0 Å². The second kappa shape index (κ2) is 7.08. The third-order valence-corrected chi connectivity index (χ3v) is 5.74. The Morgan fingerprint density at radius 1 is 1.26 bits per heavy atom. The molecule has 114 valence electrons. The first-order valence-corrected chi connectivity index (χ1v) is 8.20. The van der Waals surface area contributed by atoms with Crippen molar-refractivity contribution in [2.24, 2.45) is 17.8 Å². The van der Waals surface area contributed by atoms with Crippen LogP contribution in [-0.4, -0.2) is 37.1 Å². The molecule has 3 atom stereocenters. The van der Waals surface area contributed by atoms with Gasteiger partial charge in [-0.3, -0.25) is 0 Å². The molecule has 2 nitrogen and oxygen atoms in total. The lowest BCUT2D eigenvalue weighted by Crippen LogP contribution is -2.49. The molecule has 0 aromatic heterocycles. The molecule has 0 saturated heterocycles. The molecule has 1 N–H and O–H groups in total. The van der Waals surface area contributed by atoms with E-state index < -0.39 is 0 Å². The van der Waals surface area contributed by atoms with Gasteiger partial charge in [-0.25, -0.2) is 0 Å². The summed E-state index contributed by atoms with van der Waals surface area (Å²) >= 11 is 0. The van der Waals surface area contributed by atoms with Crippen molar-refractivity contribution in [3.63, 3.8) is 0 Å². The summed E-state index contributed by atoms with van der Waals surface area (Å²) in [5.74, 6) is 2.57. The van der Waals surface area contributed by atoms with Gasteiger partial charge in [-0.15, -0.1) is 0 Å². The van der Waals surface area contributed by atoms with E-state index >= 15 is 0 Å². The lowest BCUT2D eigenvalue weighted by Gasteiger charge is -2.43. The van der Waals surface area contributed by atoms with Crippen molar-refractivity contribution in [1.29, 1.82) is 0 Å². The van der Waals surface area contributed by atoms with Gasteiger partial charge >= 0.3 is 0 Å². The summed E-state index contributed by atoms with van der Waals surface area (Å²) < 4.78 is 0. The summed E-state index contributed by atoms with van der Waals surface area (Å²) in [6, 6.07) is 0.713. The maximum Gasteiger partial charge on any atom is 0.0147 e. The minimum Gasteiger partial charge on any atom is -0.317 e. The summed E-state index contributed by atoms with van der Waals surface area (Å²) in [6.07, 6.45) is 5.37. The van der Waals surface area contributed by atoms with Gasteiger partial charge in [0, 0.05) is 18.1 Å². The van der Waals surface area contributed by atoms with Crippen molar-refractivity contribution >= 4 is 0 Å². The normalized spacial score (nSPS) is 29.2. The van der Waals surface area contributed by atoms with Crippen LogP contribution in [0.1, 0.15) is 60.3 Å². The van der Waals surface area contributed by atoms with Crippen LogP contribution in [0.25, 0.3) is 0 Å². The van der Waals surface area contributed by atoms with E-state index in [4.69, 9.17) is 0 Å².